The van der Waals surface area contributed by atoms with E-state index in [0.29, 0.717) is 8.95 Å². The van der Waals surface area contributed by atoms with Crippen LogP contribution < -0.4 is 4.72 Å². The van der Waals surface area contributed by atoms with Gasteiger partial charge in [-0.2, -0.15) is 5.10 Å². The van der Waals surface area contributed by atoms with Gasteiger partial charge >= 0.3 is 5.97 Å². The molecule has 7 nitrogen and oxygen atoms in total. The van der Waals surface area contributed by atoms with E-state index in [0.717, 1.165) is 0 Å². The molecule has 0 radical (unpaired) electrons. The van der Waals surface area contributed by atoms with Gasteiger partial charge in [0.05, 0.1) is 11.4 Å². The van der Waals surface area contributed by atoms with E-state index in [1.54, 1.807) is 18.2 Å². The van der Waals surface area contributed by atoms with Gasteiger partial charge in [0.2, 0.25) is 0 Å². The molecule has 0 atom stereocenters. The first-order valence-electron chi connectivity index (χ1n) is 5.49. The maximum absolute atomic E-state index is 12.4. The number of hydrogen-bond acceptors (Lipinski definition) is 4. The number of aryl methyl sites for hydroxylation is 1. The summed E-state index contributed by atoms with van der Waals surface area (Å²) in [4.78, 5) is 10.7. The van der Waals surface area contributed by atoms with Crippen LogP contribution in [0.1, 0.15) is 16.2 Å². The van der Waals surface area contributed by atoms with Crippen molar-refractivity contribution in [1.29, 1.82) is 0 Å². The standard InChI is InChI=1S/C11H9Br2N3O4S/c1-5-10(9(11(17)18)15-14-5)21(19,20)16-8-6(12)3-2-4-7(8)13/h2-4,16H,1H3,(H,14,15)(H,17,18). The van der Waals surface area contributed by atoms with Gasteiger partial charge in [-0.1, -0.05) is 6.07 Å². The number of halogens is 2. The Morgan fingerprint density at radius 1 is 1.33 bits per heavy atom. The number of aromatic nitrogens is 2. The third-order valence-corrected chi connectivity index (χ3v) is 5.39. The Bertz CT molecular complexity index is 797. The molecule has 0 spiro atoms. The molecule has 0 amide bonds. The normalized spacial score (nSPS) is 11.4. The molecular weight excluding hydrogens is 430 g/mol. The number of H-pyrrole nitrogens is 1. The largest absolute Gasteiger partial charge is 0.476 e. The number of benzene rings is 1. The van der Waals surface area contributed by atoms with Crippen LogP contribution in [0.25, 0.3) is 0 Å². The number of carboxylic acids is 1. The van der Waals surface area contributed by atoms with Gasteiger partial charge in [-0.25, -0.2) is 13.2 Å². The highest BCUT2D eigenvalue weighted by Crippen LogP contribution is 2.33. The molecule has 112 valence electrons. The number of sulfonamides is 1. The fourth-order valence-corrected chi connectivity index (χ4v) is 4.56. The molecule has 0 aliphatic carbocycles. The first-order valence-corrected chi connectivity index (χ1v) is 8.56. The second-order valence-electron chi connectivity index (χ2n) is 4.03. The number of hydrogen-bond donors (Lipinski definition) is 3. The summed E-state index contributed by atoms with van der Waals surface area (Å²) in [5.41, 5.74) is -0.138. The molecule has 1 aromatic carbocycles. The van der Waals surface area contributed by atoms with Crippen molar-refractivity contribution in [3.8, 4) is 0 Å². The van der Waals surface area contributed by atoms with Crippen molar-refractivity contribution in [1.82, 2.24) is 10.2 Å². The molecule has 0 bridgehead atoms. The van der Waals surface area contributed by atoms with E-state index in [-0.39, 0.29) is 11.4 Å². The first-order chi connectivity index (χ1) is 9.74. The third kappa shape index (κ3) is 3.11. The van der Waals surface area contributed by atoms with Gasteiger partial charge in [0.15, 0.2) is 5.69 Å². The highest BCUT2D eigenvalue weighted by Gasteiger charge is 2.29. The summed E-state index contributed by atoms with van der Waals surface area (Å²) in [6.45, 7) is 1.43. The predicted molar refractivity (Wildman–Crippen MR) is 82.9 cm³/mol. The molecule has 2 aromatic rings. The Hall–Kier alpha value is -1.39. The van der Waals surface area contributed by atoms with E-state index in [4.69, 9.17) is 5.11 Å². The van der Waals surface area contributed by atoms with Gasteiger partial charge in [0, 0.05) is 8.95 Å². The van der Waals surface area contributed by atoms with Gasteiger partial charge in [0.1, 0.15) is 4.90 Å². The number of para-hydroxylation sites is 1. The van der Waals surface area contributed by atoms with Crippen molar-refractivity contribution < 1.29 is 18.3 Å². The van der Waals surface area contributed by atoms with Crippen LogP contribution in [0, 0.1) is 6.92 Å². The Balaban J connectivity index is 2.54. The van der Waals surface area contributed by atoms with Crippen LogP contribution in [0.4, 0.5) is 5.69 Å². The molecule has 1 heterocycles. The Labute approximate surface area is 137 Å². The van der Waals surface area contributed by atoms with Gasteiger partial charge in [-0.05, 0) is 50.9 Å². The smallest absolute Gasteiger partial charge is 0.357 e. The van der Waals surface area contributed by atoms with Crippen molar-refractivity contribution in [2.75, 3.05) is 4.72 Å². The quantitative estimate of drug-likeness (QED) is 0.679. The number of nitrogens with zero attached hydrogens (tertiary/aromatic N) is 1. The predicted octanol–water partition coefficient (Wildman–Crippen LogP) is 2.74. The lowest BCUT2D eigenvalue weighted by Crippen LogP contribution is -2.17. The van der Waals surface area contributed by atoms with E-state index in [1.807, 2.05) is 0 Å². The van der Waals surface area contributed by atoms with E-state index < -0.39 is 26.6 Å². The molecule has 10 heteroatoms. The summed E-state index contributed by atoms with van der Waals surface area (Å²) in [6, 6.07) is 5.03. The molecule has 0 fully saturated rings. The minimum atomic E-state index is -4.11. The number of carboxylic acid groups (broad SMARTS) is 1. The summed E-state index contributed by atoms with van der Waals surface area (Å²) in [5, 5.41) is 14.9. The maximum Gasteiger partial charge on any atom is 0.357 e. The second-order valence-corrected chi connectivity index (χ2v) is 7.36. The topological polar surface area (TPSA) is 112 Å². The van der Waals surface area contributed by atoms with Gasteiger partial charge < -0.3 is 5.11 Å². The average Bonchev–Trinajstić information content (AvgIpc) is 2.77. The summed E-state index contributed by atoms with van der Waals surface area (Å²) >= 11 is 6.46. The zero-order valence-electron chi connectivity index (χ0n) is 10.5. The van der Waals surface area contributed by atoms with Crippen molar-refractivity contribution in [2.45, 2.75) is 11.8 Å². The molecular formula is C11H9Br2N3O4S. The minimum absolute atomic E-state index is 0.142. The fraction of sp³-hybridized carbons (Fsp3) is 0.0909. The zero-order valence-corrected chi connectivity index (χ0v) is 14.5. The molecule has 2 rings (SSSR count). The van der Waals surface area contributed by atoms with Crippen molar-refractivity contribution in [3.05, 3.63) is 38.5 Å². The van der Waals surface area contributed by atoms with Gasteiger partial charge in [0.25, 0.3) is 10.0 Å². The molecule has 0 unspecified atom stereocenters. The van der Waals surface area contributed by atoms with Crippen LogP contribution in [0.3, 0.4) is 0 Å². The van der Waals surface area contributed by atoms with Crippen LogP contribution >= 0.6 is 31.9 Å². The van der Waals surface area contributed by atoms with Gasteiger partial charge in [-0.15, -0.1) is 0 Å². The fourth-order valence-electron chi connectivity index (χ4n) is 1.67. The lowest BCUT2D eigenvalue weighted by Gasteiger charge is -2.11. The molecule has 0 aliphatic heterocycles. The number of carbonyl (C=O) groups is 1. The van der Waals surface area contributed by atoms with Crippen LogP contribution in [-0.2, 0) is 10.0 Å². The van der Waals surface area contributed by atoms with E-state index in [1.165, 1.54) is 6.92 Å². The molecule has 0 saturated carbocycles. The second kappa shape index (κ2) is 5.78. The maximum atomic E-state index is 12.4. The molecule has 0 saturated heterocycles. The lowest BCUT2D eigenvalue weighted by molar-refractivity contribution is 0.0686. The van der Waals surface area contributed by atoms with Gasteiger partial charge in [-0.3, -0.25) is 9.82 Å². The third-order valence-electron chi connectivity index (χ3n) is 2.56. The number of aromatic carboxylic acids is 1. The Kier molecular flexibility index (Phi) is 4.40. The van der Waals surface area contributed by atoms with E-state index >= 15 is 0 Å². The summed E-state index contributed by atoms with van der Waals surface area (Å²) in [7, 11) is -4.11. The molecule has 3 N–H and O–H groups in total. The minimum Gasteiger partial charge on any atom is -0.476 e. The van der Waals surface area contributed by atoms with Crippen LogP contribution in [0.15, 0.2) is 32.0 Å². The summed E-state index contributed by atoms with van der Waals surface area (Å²) in [5.74, 6) is -1.43. The van der Waals surface area contributed by atoms with Crippen LogP contribution in [-0.4, -0.2) is 29.7 Å². The molecule has 1 aromatic heterocycles. The Morgan fingerprint density at radius 2 is 1.90 bits per heavy atom. The van der Waals surface area contributed by atoms with Crippen molar-refractivity contribution in [3.63, 3.8) is 0 Å². The van der Waals surface area contributed by atoms with Crippen LogP contribution in [0.2, 0.25) is 0 Å². The molecule has 21 heavy (non-hydrogen) atoms. The highest BCUT2D eigenvalue weighted by molar-refractivity contribution is 9.11. The first kappa shape index (κ1) is 16.0. The monoisotopic (exact) mass is 437 g/mol. The average molecular weight is 439 g/mol. The zero-order chi connectivity index (χ0) is 15.8. The Morgan fingerprint density at radius 3 is 2.43 bits per heavy atom. The van der Waals surface area contributed by atoms with E-state index in [9.17, 15) is 13.2 Å². The lowest BCUT2D eigenvalue weighted by atomic mass is 10.3. The molecule has 0 aliphatic rings. The summed E-state index contributed by atoms with van der Waals surface area (Å²) in [6.07, 6.45) is 0. The number of anilines is 1. The SMILES string of the molecule is Cc1[nH]nc(C(=O)O)c1S(=O)(=O)Nc1c(Br)cccc1Br. The highest BCUT2D eigenvalue weighted by atomic mass is 79.9. The van der Waals surface area contributed by atoms with Crippen molar-refractivity contribution >= 4 is 53.5 Å². The number of aromatic amines is 1. The summed E-state index contributed by atoms with van der Waals surface area (Å²) < 4.78 is 28.2. The number of nitrogens with one attached hydrogen (secondary N) is 2. The number of rotatable bonds is 4. The van der Waals surface area contributed by atoms with Crippen LogP contribution in [0.5, 0.6) is 0 Å². The van der Waals surface area contributed by atoms with E-state index in [2.05, 4.69) is 46.8 Å². The van der Waals surface area contributed by atoms with Crippen molar-refractivity contribution in [2.24, 2.45) is 0 Å².